The third kappa shape index (κ3) is 1.82. The molecule has 0 saturated carbocycles. The van der Waals surface area contributed by atoms with E-state index in [2.05, 4.69) is 5.10 Å². The van der Waals surface area contributed by atoms with Crippen LogP contribution in [0.1, 0.15) is 24.1 Å². The lowest BCUT2D eigenvalue weighted by Crippen LogP contribution is -2.38. The molecule has 0 fully saturated rings. The second-order valence-electron chi connectivity index (χ2n) is 4.22. The third-order valence-electron chi connectivity index (χ3n) is 3.13. The first-order chi connectivity index (χ1) is 7.63. The normalized spacial score (nSPS) is 19.7. The highest BCUT2D eigenvalue weighted by molar-refractivity contribution is 5.73. The molecule has 0 aliphatic carbocycles. The Morgan fingerprint density at radius 1 is 1.69 bits per heavy atom. The minimum atomic E-state index is 0.105. The van der Waals surface area contributed by atoms with Gasteiger partial charge in [0.25, 0.3) is 0 Å². The summed E-state index contributed by atoms with van der Waals surface area (Å²) in [5.74, 6) is 0.347. The predicted molar refractivity (Wildman–Crippen MR) is 58.9 cm³/mol. The van der Waals surface area contributed by atoms with Gasteiger partial charge < -0.3 is 9.64 Å². The molecule has 2 heterocycles. The number of methoxy groups -OCH3 is 1. The maximum absolute atomic E-state index is 11.4. The van der Waals surface area contributed by atoms with Crippen molar-refractivity contribution in [1.29, 1.82) is 0 Å². The van der Waals surface area contributed by atoms with Crippen LogP contribution in [0.2, 0.25) is 0 Å². The Kier molecular flexibility index (Phi) is 2.96. The van der Waals surface area contributed by atoms with Crippen molar-refractivity contribution >= 4 is 5.91 Å². The number of hydrogen-bond acceptors (Lipinski definition) is 3. The van der Waals surface area contributed by atoms with E-state index in [9.17, 15) is 4.79 Å². The monoisotopic (exact) mass is 223 g/mol. The molecule has 0 spiro atoms. The molecule has 16 heavy (non-hydrogen) atoms. The van der Waals surface area contributed by atoms with Crippen LogP contribution < -0.4 is 0 Å². The Bertz CT molecular complexity index is 400. The maximum Gasteiger partial charge on any atom is 0.219 e. The molecule has 1 aromatic rings. The van der Waals surface area contributed by atoms with Crippen LogP contribution in [0.5, 0.6) is 0 Å². The fraction of sp³-hybridized carbons (Fsp3) is 0.636. The van der Waals surface area contributed by atoms with Gasteiger partial charge >= 0.3 is 0 Å². The molecule has 0 bridgehead atoms. The van der Waals surface area contributed by atoms with E-state index >= 15 is 0 Å². The maximum atomic E-state index is 11.4. The van der Waals surface area contributed by atoms with Gasteiger partial charge in [0.2, 0.25) is 5.91 Å². The van der Waals surface area contributed by atoms with E-state index in [1.165, 1.54) is 5.56 Å². The highest BCUT2D eigenvalue weighted by atomic mass is 16.5. The second-order valence-corrected chi connectivity index (χ2v) is 4.22. The first-order valence-corrected chi connectivity index (χ1v) is 5.38. The lowest BCUT2D eigenvalue weighted by atomic mass is 9.95. The summed E-state index contributed by atoms with van der Waals surface area (Å²) >= 11 is 0. The van der Waals surface area contributed by atoms with Crippen LogP contribution in [0, 0.1) is 0 Å². The number of rotatable bonds is 2. The highest BCUT2D eigenvalue weighted by Gasteiger charge is 2.29. The van der Waals surface area contributed by atoms with Crippen molar-refractivity contribution in [2.24, 2.45) is 7.05 Å². The van der Waals surface area contributed by atoms with E-state index in [0.717, 1.165) is 12.2 Å². The first kappa shape index (κ1) is 11.1. The Labute approximate surface area is 95.0 Å². The van der Waals surface area contributed by atoms with Crippen LogP contribution in [0.4, 0.5) is 0 Å². The molecule has 0 saturated heterocycles. The van der Waals surface area contributed by atoms with Gasteiger partial charge in [-0.2, -0.15) is 5.10 Å². The lowest BCUT2D eigenvalue weighted by molar-refractivity contribution is -0.130. The van der Waals surface area contributed by atoms with Gasteiger partial charge in [0.05, 0.1) is 25.0 Å². The second kappa shape index (κ2) is 4.25. The van der Waals surface area contributed by atoms with E-state index in [4.69, 9.17) is 4.74 Å². The van der Waals surface area contributed by atoms with Crippen LogP contribution in [0.15, 0.2) is 6.20 Å². The van der Waals surface area contributed by atoms with Gasteiger partial charge in [-0.1, -0.05) is 0 Å². The fourth-order valence-corrected chi connectivity index (χ4v) is 2.21. The topological polar surface area (TPSA) is 47.4 Å². The number of nitrogens with zero attached hydrogens (tertiary/aromatic N) is 3. The quantitative estimate of drug-likeness (QED) is 0.734. The first-order valence-electron chi connectivity index (χ1n) is 5.38. The zero-order chi connectivity index (χ0) is 11.7. The summed E-state index contributed by atoms with van der Waals surface area (Å²) < 4.78 is 7.04. The van der Waals surface area contributed by atoms with Crippen LogP contribution in [0.25, 0.3) is 0 Å². The predicted octanol–water partition coefficient (Wildman–Crippen LogP) is 0.512. The van der Waals surface area contributed by atoms with Crippen LogP contribution in [-0.4, -0.2) is 40.8 Å². The molecule has 0 radical (unpaired) electrons. The van der Waals surface area contributed by atoms with Gasteiger partial charge in [0, 0.05) is 39.1 Å². The van der Waals surface area contributed by atoms with Crippen molar-refractivity contribution in [2.75, 3.05) is 20.3 Å². The summed E-state index contributed by atoms with van der Waals surface area (Å²) in [6, 6.07) is 0. The molecule has 1 aliphatic rings. The summed E-state index contributed by atoms with van der Waals surface area (Å²) in [6.45, 7) is 3.61. The van der Waals surface area contributed by atoms with Crippen molar-refractivity contribution in [3.8, 4) is 0 Å². The molecule has 1 aromatic heterocycles. The molecule has 1 aliphatic heterocycles. The molecular formula is C11H17N3O2. The molecular weight excluding hydrogens is 206 g/mol. The average molecular weight is 223 g/mol. The largest absolute Gasteiger partial charge is 0.384 e. The summed E-state index contributed by atoms with van der Waals surface area (Å²) in [4.78, 5) is 13.3. The Morgan fingerprint density at radius 3 is 3.06 bits per heavy atom. The van der Waals surface area contributed by atoms with Crippen LogP contribution >= 0.6 is 0 Å². The van der Waals surface area contributed by atoms with Gasteiger partial charge in [-0.25, -0.2) is 0 Å². The van der Waals surface area contributed by atoms with E-state index in [1.54, 1.807) is 14.0 Å². The van der Waals surface area contributed by atoms with E-state index in [-0.39, 0.29) is 11.8 Å². The summed E-state index contributed by atoms with van der Waals surface area (Å²) in [5, 5.41) is 4.25. The van der Waals surface area contributed by atoms with E-state index in [0.29, 0.717) is 13.2 Å². The SMILES string of the molecule is COCC1CN(C(C)=O)Cc2c1cnn2C. The number of aryl methyl sites for hydroxylation is 1. The molecule has 2 rings (SSSR count). The van der Waals surface area contributed by atoms with Gasteiger partial charge in [-0.05, 0) is 0 Å². The number of ether oxygens (including phenoxy) is 1. The van der Waals surface area contributed by atoms with Crippen molar-refractivity contribution in [3.05, 3.63) is 17.5 Å². The molecule has 0 aromatic carbocycles. The van der Waals surface area contributed by atoms with Crippen molar-refractivity contribution < 1.29 is 9.53 Å². The smallest absolute Gasteiger partial charge is 0.219 e. The van der Waals surface area contributed by atoms with Crippen molar-refractivity contribution in [1.82, 2.24) is 14.7 Å². The number of carbonyl (C=O) groups is 1. The number of fused-ring (bicyclic) bond motifs is 1. The summed E-state index contributed by atoms with van der Waals surface area (Å²) in [6.07, 6.45) is 1.89. The fourth-order valence-electron chi connectivity index (χ4n) is 2.21. The molecule has 1 unspecified atom stereocenters. The Balaban J connectivity index is 2.31. The van der Waals surface area contributed by atoms with Crippen molar-refractivity contribution in [2.45, 2.75) is 19.4 Å². The number of carbonyl (C=O) groups excluding carboxylic acids is 1. The van der Waals surface area contributed by atoms with E-state index < -0.39 is 0 Å². The van der Waals surface area contributed by atoms with Crippen LogP contribution in [0.3, 0.4) is 0 Å². The van der Waals surface area contributed by atoms with Gasteiger partial charge in [-0.3, -0.25) is 9.48 Å². The highest BCUT2D eigenvalue weighted by Crippen LogP contribution is 2.27. The minimum Gasteiger partial charge on any atom is -0.384 e. The Hall–Kier alpha value is -1.36. The van der Waals surface area contributed by atoms with Gasteiger partial charge in [0.15, 0.2) is 0 Å². The minimum absolute atomic E-state index is 0.105. The zero-order valence-corrected chi connectivity index (χ0v) is 9.93. The standard InChI is InChI=1S/C11H17N3O2/c1-8(15)14-5-9(7-16-3)10-4-12-13(2)11(10)6-14/h4,9H,5-7H2,1-3H3. The van der Waals surface area contributed by atoms with E-state index in [1.807, 2.05) is 22.8 Å². The van der Waals surface area contributed by atoms with Gasteiger partial charge in [0.1, 0.15) is 0 Å². The lowest BCUT2D eigenvalue weighted by Gasteiger charge is -2.32. The van der Waals surface area contributed by atoms with Crippen molar-refractivity contribution in [3.63, 3.8) is 0 Å². The molecule has 5 heteroatoms. The molecule has 0 N–H and O–H groups in total. The molecule has 88 valence electrons. The average Bonchev–Trinajstić information content (AvgIpc) is 2.61. The zero-order valence-electron chi connectivity index (χ0n) is 9.93. The number of aromatic nitrogens is 2. The number of amides is 1. The molecule has 5 nitrogen and oxygen atoms in total. The van der Waals surface area contributed by atoms with Crippen LogP contribution in [-0.2, 0) is 23.1 Å². The molecule has 1 amide bonds. The number of hydrogen-bond donors (Lipinski definition) is 0. The summed E-state index contributed by atoms with van der Waals surface area (Å²) in [7, 11) is 3.59. The summed E-state index contributed by atoms with van der Waals surface area (Å²) in [5.41, 5.74) is 2.32. The van der Waals surface area contributed by atoms with Gasteiger partial charge in [-0.15, -0.1) is 0 Å². The Morgan fingerprint density at radius 2 is 2.44 bits per heavy atom. The third-order valence-corrected chi connectivity index (χ3v) is 3.13. The molecule has 1 atom stereocenters.